The van der Waals surface area contributed by atoms with Crippen molar-refractivity contribution in [2.45, 2.75) is 46.0 Å². The summed E-state index contributed by atoms with van der Waals surface area (Å²) in [6.07, 6.45) is 6.17. The molecule has 4 N–H and O–H groups in total. The average Bonchev–Trinajstić information content (AvgIpc) is 2.43. The van der Waals surface area contributed by atoms with Crippen LogP contribution in [0.3, 0.4) is 0 Å². The molecule has 0 unspecified atom stereocenters. The van der Waals surface area contributed by atoms with Crippen molar-refractivity contribution in [3.8, 4) is 0 Å². The maximum Gasteiger partial charge on any atom is 0.230 e. The number of unbranched alkanes of at least 4 members (excludes halogenated alkanes) is 3. The Bertz CT molecular complexity index is 636. The van der Waals surface area contributed by atoms with Crippen LogP contribution in [0.5, 0.6) is 0 Å². The zero-order chi connectivity index (χ0) is 15.2. The van der Waals surface area contributed by atoms with E-state index in [9.17, 15) is 0 Å². The summed E-state index contributed by atoms with van der Waals surface area (Å²) in [7, 11) is 0. The lowest BCUT2D eigenvalue weighted by Gasteiger charge is -2.08. The lowest BCUT2D eigenvalue weighted by molar-refractivity contribution is 0.667. The van der Waals surface area contributed by atoms with Crippen LogP contribution >= 0.6 is 0 Å². The smallest absolute Gasteiger partial charge is 0.230 e. The Hall–Kier alpha value is -2.17. The van der Waals surface area contributed by atoms with Gasteiger partial charge in [0.05, 0.1) is 11.2 Å². The Morgan fingerprint density at radius 3 is 2.76 bits per heavy atom. The minimum absolute atomic E-state index is 0.152. The van der Waals surface area contributed by atoms with Gasteiger partial charge in [0.25, 0.3) is 0 Å². The number of nitrogens with two attached hydrogens (primary N) is 1. The van der Waals surface area contributed by atoms with Gasteiger partial charge in [-0.25, -0.2) is 9.97 Å². The number of hydrogen-bond donors (Lipinski definition) is 3. The molecule has 0 fully saturated rings. The van der Waals surface area contributed by atoms with E-state index < -0.39 is 0 Å². The van der Waals surface area contributed by atoms with Crippen LogP contribution in [-0.4, -0.2) is 15.9 Å². The van der Waals surface area contributed by atoms with E-state index in [2.05, 4.69) is 34.3 Å². The predicted octanol–water partition coefficient (Wildman–Crippen LogP) is 3.37. The molecule has 5 nitrogen and oxygen atoms in total. The minimum Gasteiger partial charge on any atom is -0.370 e. The molecule has 1 heterocycles. The maximum atomic E-state index is 7.24. The first-order valence-electron chi connectivity index (χ1n) is 7.48. The van der Waals surface area contributed by atoms with Crippen molar-refractivity contribution >= 4 is 22.8 Å². The fourth-order valence-electron chi connectivity index (χ4n) is 2.42. The number of anilines is 1. The van der Waals surface area contributed by atoms with Crippen molar-refractivity contribution in [3.05, 3.63) is 29.5 Å². The fraction of sp³-hybridized carbons (Fsp3) is 0.438. The van der Waals surface area contributed by atoms with Gasteiger partial charge in [-0.05, 0) is 37.5 Å². The zero-order valence-corrected chi connectivity index (χ0v) is 12.7. The van der Waals surface area contributed by atoms with Crippen LogP contribution in [0.15, 0.2) is 18.2 Å². The van der Waals surface area contributed by atoms with Gasteiger partial charge in [0.15, 0.2) is 5.96 Å². The second-order valence-electron chi connectivity index (χ2n) is 5.33. The Labute approximate surface area is 125 Å². The van der Waals surface area contributed by atoms with E-state index in [0.717, 1.165) is 23.0 Å². The van der Waals surface area contributed by atoms with E-state index in [1.165, 1.54) is 31.2 Å². The molecule has 1 aromatic carbocycles. The number of aromatic nitrogens is 2. The fourth-order valence-corrected chi connectivity index (χ4v) is 2.42. The summed E-state index contributed by atoms with van der Waals surface area (Å²) >= 11 is 0. The van der Waals surface area contributed by atoms with Crippen LogP contribution in [0.2, 0.25) is 0 Å². The lowest BCUT2D eigenvalue weighted by atomic mass is 10.0. The van der Waals surface area contributed by atoms with Gasteiger partial charge in [0, 0.05) is 5.39 Å². The topological polar surface area (TPSA) is 87.7 Å². The third kappa shape index (κ3) is 4.15. The van der Waals surface area contributed by atoms with Crippen LogP contribution in [0.1, 0.15) is 43.9 Å². The van der Waals surface area contributed by atoms with Gasteiger partial charge >= 0.3 is 0 Å². The molecule has 0 amide bonds. The van der Waals surface area contributed by atoms with E-state index in [1.54, 1.807) is 0 Å². The lowest BCUT2D eigenvalue weighted by Crippen LogP contribution is -2.22. The quantitative estimate of drug-likeness (QED) is 0.431. The molecule has 0 spiro atoms. The van der Waals surface area contributed by atoms with E-state index >= 15 is 0 Å². The highest BCUT2D eigenvalue weighted by Crippen LogP contribution is 2.20. The van der Waals surface area contributed by atoms with Crippen molar-refractivity contribution in [1.82, 2.24) is 9.97 Å². The normalized spacial score (nSPS) is 10.8. The number of guanidine groups is 1. The van der Waals surface area contributed by atoms with Gasteiger partial charge in [-0.3, -0.25) is 10.7 Å². The molecule has 0 aliphatic rings. The van der Waals surface area contributed by atoms with Crippen LogP contribution in [-0.2, 0) is 6.42 Å². The molecular formula is C16H23N5. The second kappa shape index (κ2) is 7.02. The molecule has 1 aromatic heterocycles. The number of nitrogens with zero attached hydrogens (tertiary/aromatic N) is 2. The first-order valence-corrected chi connectivity index (χ1v) is 7.48. The first-order chi connectivity index (χ1) is 10.1. The number of aryl methyl sites for hydroxylation is 2. The molecule has 0 atom stereocenters. The van der Waals surface area contributed by atoms with Gasteiger partial charge in [-0.1, -0.05) is 32.3 Å². The highest BCUT2D eigenvalue weighted by atomic mass is 15.2. The predicted molar refractivity (Wildman–Crippen MR) is 87.7 cm³/mol. The van der Waals surface area contributed by atoms with Crippen molar-refractivity contribution in [3.63, 3.8) is 0 Å². The van der Waals surface area contributed by atoms with Crippen LogP contribution in [0.25, 0.3) is 10.9 Å². The SMILES string of the molecule is CCCCCCc1ccc2nc(NC(=N)N)nc(C)c2c1. The molecule has 0 aliphatic heterocycles. The first kappa shape index (κ1) is 15.2. The van der Waals surface area contributed by atoms with E-state index in [0.29, 0.717) is 5.95 Å². The van der Waals surface area contributed by atoms with Crippen LogP contribution in [0.4, 0.5) is 5.95 Å². The minimum atomic E-state index is -0.152. The maximum absolute atomic E-state index is 7.24. The summed E-state index contributed by atoms with van der Waals surface area (Å²) in [5, 5.41) is 10.9. The Morgan fingerprint density at radius 2 is 2.05 bits per heavy atom. The number of benzene rings is 1. The van der Waals surface area contributed by atoms with Crippen molar-refractivity contribution in [1.29, 1.82) is 5.41 Å². The number of rotatable bonds is 6. The molecule has 0 saturated carbocycles. The number of fused-ring (bicyclic) bond motifs is 1. The number of hydrogen-bond acceptors (Lipinski definition) is 3. The summed E-state index contributed by atoms with van der Waals surface area (Å²) in [6.45, 7) is 4.18. The Balaban J connectivity index is 2.19. The molecule has 2 rings (SSSR count). The molecule has 21 heavy (non-hydrogen) atoms. The van der Waals surface area contributed by atoms with Gasteiger partial charge in [0.2, 0.25) is 5.95 Å². The van der Waals surface area contributed by atoms with Crippen molar-refractivity contribution in [2.75, 3.05) is 5.32 Å². The van der Waals surface area contributed by atoms with Crippen LogP contribution < -0.4 is 11.1 Å². The molecule has 5 heteroatoms. The van der Waals surface area contributed by atoms with E-state index in [1.807, 2.05) is 13.0 Å². The summed E-state index contributed by atoms with van der Waals surface area (Å²) in [5.74, 6) is 0.226. The second-order valence-corrected chi connectivity index (χ2v) is 5.33. The van der Waals surface area contributed by atoms with E-state index in [-0.39, 0.29) is 5.96 Å². The standard InChI is InChI=1S/C16H23N5/c1-3-4-5-6-7-12-8-9-14-13(10-12)11(2)19-16(20-14)21-15(17)18/h8-10H,3-7H2,1-2H3,(H4,17,18,19,20,21). The van der Waals surface area contributed by atoms with Gasteiger partial charge in [-0.15, -0.1) is 0 Å². The Morgan fingerprint density at radius 1 is 1.24 bits per heavy atom. The highest BCUT2D eigenvalue weighted by Gasteiger charge is 2.06. The van der Waals surface area contributed by atoms with Crippen molar-refractivity contribution < 1.29 is 0 Å². The molecule has 0 saturated heterocycles. The third-order valence-corrected chi connectivity index (χ3v) is 3.52. The molecule has 0 radical (unpaired) electrons. The average molecular weight is 285 g/mol. The monoisotopic (exact) mass is 285 g/mol. The summed E-state index contributed by atoms with van der Waals surface area (Å²) in [4.78, 5) is 8.73. The van der Waals surface area contributed by atoms with Gasteiger partial charge in [-0.2, -0.15) is 0 Å². The highest BCUT2D eigenvalue weighted by molar-refractivity contribution is 5.90. The van der Waals surface area contributed by atoms with Gasteiger partial charge < -0.3 is 5.73 Å². The largest absolute Gasteiger partial charge is 0.370 e. The Kier molecular flexibility index (Phi) is 5.09. The van der Waals surface area contributed by atoms with Crippen molar-refractivity contribution in [2.24, 2.45) is 5.73 Å². The summed E-state index contributed by atoms with van der Waals surface area (Å²) in [6, 6.07) is 6.32. The van der Waals surface area contributed by atoms with Crippen LogP contribution in [0, 0.1) is 12.3 Å². The molecular weight excluding hydrogens is 262 g/mol. The number of nitrogens with one attached hydrogen (secondary N) is 2. The summed E-state index contributed by atoms with van der Waals surface area (Å²) < 4.78 is 0. The third-order valence-electron chi connectivity index (χ3n) is 3.52. The van der Waals surface area contributed by atoms with E-state index in [4.69, 9.17) is 11.1 Å². The molecule has 2 aromatic rings. The molecule has 0 bridgehead atoms. The zero-order valence-electron chi connectivity index (χ0n) is 12.7. The molecule has 112 valence electrons. The molecule has 0 aliphatic carbocycles. The van der Waals surface area contributed by atoms with Gasteiger partial charge in [0.1, 0.15) is 0 Å². The summed E-state index contributed by atoms with van der Waals surface area (Å²) in [5.41, 5.74) is 8.43.